The molecule has 18 heavy (non-hydrogen) atoms. The molecule has 0 aromatic carbocycles. The number of hydrogen-bond acceptors (Lipinski definition) is 4. The first-order valence-corrected chi connectivity index (χ1v) is 6.42. The predicted molar refractivity (Wildman–Crippen MR) is 67.3 cm³/mol. The van der Waals surface area contributed by atoms with Crippen molar-refractivity contribution in [1.29, 1.82) is 0 Å². The van der Waals surface area contributed by atoms with Gasteiger partial charge in [-0.25, -0.2) is 9.97 Å². The standard InChI is InChI=1S/C13H19N3O2/c1-18-13-14-9-11(10-15-13)5-6-12(17)16-7-3-2-4-8-16/h9-10H,2-8H2,1H3. The fourth-order valence-electron chi connectivity index (χ4n) is 2.13. The Bertz CT molecular complexity index is 386. The highest BCUT2D eigenvalue weighted by atomic mass is 16.5. The molecule has 0 atom stereocenters. The van der Waals surface area contributed by atoms with Crippen LogP contribution in [0.25, 0.3) is 0 Å². The summed E-state index contributed by atoms with van der Waals surface area (Å²) in [5.74, 6) is 0.241. The second-order valence-electron chi connectivity index (χ2n) is 4.52. The summed E-state index contributed by atoms with van der Waals surface area (Å²) in [6.45, 7) is 1.83. The van der Waals surface area contributed by atoms with Crippen LogP contribution >= 0.6 is 0 Å². The lowest BCUT2D eigenvalue weighted by molar-refractivity contribution is -0.132. The lowest BCUT2D eigenvalue weighted by atomic mass is 10.1. The number of methoxy groups -OCH3 is 1. The third kappa shape index (κ3) is 3.42. The van der Waals surface area contributed by atoms with Gasteiger partial charge in [0.25, 0.3) is 0 Å². The van der Waals surface area contributed by atoms with E-state index in [4.69, 9.17) is 4.74 Å². The highest BCUT2D eigenvalue weighted by molar-refractivity contribution is 5.76. The average molecular weight is 249 g/mol. The van der Waals surface area contributed by atoms with Crippen molar-refractivity contribution in [2.24, 2.45) is 0 Å². The Morgan fingerprint density at radius 2 is 1.94 bits per heavy atom. The molecule has 2 rings (SSSR count). The molecule has 0 radical (unpaired) electrons. The van der Waals surface area contributed by atoms with E-state index in [1.807, 2.05) is 4.90 Å². The zero-order chi connectivity index (χ0) is 12.8. The van der Waals surface area contributed by atoms with Gasteiger partial charge in [0.1, 0.15) is 0 Å². The number of piperidine rings is 1. The number of carbonyl (C=O) groups excluding carboxylic acids is 1. The lowest BCUT2D eigenvalue weighted by Gasteiger charge is -2.26. The fraction of sp³-hybridized carbons (Fsp3) is 0.615. The van der Waals surface area contributed by atoms with Crippen molar-refractivity contribution in [3.05, 3.63) is 18.0 Å². The van der Waals surface area contributed by atoms with Gasteiger partial charge in [-0.15, -0.1) is 0 Å². The van der Waals surface area contributed by atoms with Crippen molar-refractivity contribution in [2.75, 3.05) is 20.2 Å². The maximum atomic E-state index is 12.0. The quantitative estimate of drug-likeness (QED) is 0.810. The Labute approximate surface area is 107 Å². The van der Waals surface area contributed by atoms with Crippen LogP contribution in [0.2, 0.25) is 0 Å². The van der Waals surface area contributed by atoms with Gasteiger partial charge in [-0.3, -0.25) is 4.79 Å². The minimum atomic E-state index is 0.241. The number of rotatable bonds is 4. The van der Waals surface area contributed by atoms with E-state index in [1.165, 1.54) is 13.5 Å². The summed E-state index contributed by atoms with van der Waals surface area (Å²) in [6, 6.07) is 0.362. The van der Waals surface area contributed by atoms with E-state index in [2.05, 4.69) is 9.97 Å². The van der Waals surface area contributed by atoms with Crippen LogP contribution in [0, 0.1) is 0 Å². The number of hydrogen-bond donors (Lipinski definition) is 0. The van der Waals surface area contributed by atoms with E-state index in [0.29, 0.717) is 18.9 Å². The summed E-state index contributed by atoms with van der Waals surface area (Å²) in [5, 5.41) is 0. The molecule has 1 fully saturated rings. The molecule has 1 aliphatic heterocycles. The molecule has 2 heterocycles. The monoisotopic (exact) mass is 249 g/mol. The second kappa shape index (κ2) is 6.33. The molecule has 0 bridgehead atoms. The molecule has 0 aliphatic carbocycles. The molecule has 0 unspecified atom stereocenters. The third-order valence-corrected chi connectivity index (χ3v) is 3.20. The first kappa shape index (κ1) is 12.8. The van der Waals surface area contributed by atoms with Crippen LogP contribution in [0.3, 0.4) is 0 Å². The van der Waals surface area contributed by atoms with Crippen molar-refractivity contribution >= 4 is 5.91 Å². The molecular formula is C13H19N3O2. The topological polar surface area (TPSA) is 55.3 Å². The second-order valence-corrected chi connectivity index (χ2v) is 4.52. The Balaban J connectivity index is 1.80. The minimum Gasteiger partial charge on any atom is -0.467 e. The van der Waals surface area contributed by atoms with Crippen molar-refractivity contribution in [3.63, 3.8) is 0 Å². The number of aromatic nitrogens is 2. The molecule has 1 aliphatic rings. The molecule has 1 aromatic heterocycles. The van der Waals surface area contributed by atoms with Gasteiger partial charge in [-0.2, -0.15) is 0 Å². The van der Waals surface area contributed by atoms with Crippen LogP contribution in [-0.2, 0) is 11.2 Å². The number of nitrogens with zero attached hydrogens (tertiary/aromatic N) is 3. The molecule has 0 N–H and O–H groups in total. The molecule has 98 valence electrons. The van der Waals surface area contributed by atoms with Gasteiger partial charge < -0.3 is 9.64 Å². The van der Waals surface area contributed by atoms with Gasteiger partial charge in [0.2, 0.25) is 5.91 Å². The van der Waals surface area contributed by atoms with Gasteiger partial charge >= 0.3 is 6.01 Å². The maximum Gasteiger partial charge on any atom is 0.316 e. The van der Waals surface area contributed by atoms with Gasteiger partial charge in [-0.1, -0.05) is 0 Å². The summed E-state index contributed by atoms with van der Waals surface area (Å²) in [5.41, 5.74) is 0.973. The van der Waals surface area contributed by atoms with E-state index in [0.717, 1.165) is 31.5 Å². The molecule has 1 saturated heterocycles. The highest BCUT2D eigenvalue weighted by Crippen LogP contribution is 2.11. The van der Waals surface area contributed by atoms with Gasteiger partial charge in [-0.05, 0) is 31.2 Å². The number of likely N-dealkylation sites (tertiary alicyclic amines) is 1. The lowest BCUT2D eigenvalue weighted by Crippen LogP contribution is -2.35. The molecule has 5 nitrogen and oxygen atoms in total. The Kier molecular flexibility index (Phi) is 4.50. The fourth-order valence-corrected chi connectivity index (χ4v) is 2.13. The van der Waals surface area contributed by atoms with E-state index in [9.17, 15) is 4.79 Å². The van der Waals surface area contributed by atoms with Gasteiger partial charge in [0.15, 0.2) is 0 Å². The number of amides is 1. The number of ether oxygens (including phenoxy) is 1. The SMILES string of the molecule is COc1ncc(CCC(=O)N2CCCCC2)cn1. The summed E-state index contributed by atoms with van der Waals surface area (Å²) < 4.78 is 4.89. The Hall–Kier alpha value is -1.65. The van der Waals surface area contributed by atoms with Gasteiger partial charge in [0, 0.05) is 31.9 Å². The molecule has 5 heteroatoms. The normalized spacial score (nSPS) is 15.5. The van der Waals surface area contributed by atoms with Crippen LogP contribution in [0.15, 0.2) is 12.4 Å². The van der Waals surface area contributed by atoms with Crippen LogP contribution in [-0.4, -0.2) is 41.0 Å². The average Bonchev–Trinajstić information content (AvgIpc) is 2.46. The first-order chi connectivity index (χ1) is 8.79. The molecule has 0 spiro atoms. The summed E-state index contributed by atoms with van der Waals surface area (Å²) >= 11 is 0. The van der Waals surface area contributed by atoms with Gasteiger partial charge in [0.05, 0.1) is 7.11 Å². The summed E-state index contributed by atoms with van der Waals surface area (Å²) in [6.07, 6.45) is 8.19. The zero-order valence-corrected chi connectivity index (χ0v) is 10.8. The van der Waals surface area contributed by atoms with E-state index in [1.54, 1.807) is 12.4 Å². The smallest absolute Gasteiger partial charge is 0.316 e. The molecule has 1 amide bonds. The Morgan fingerprint density at radius 3 is 2.56 bits per heavy atom. The third-order valence-electron chi connectivity index (χ3n) is 3.20. The summed E-state index contributed by atoms with van der Waals surface area (Å²) in [7, 11) is 1.54. The van der Waals surface area contributed by atoms with Crippen LogP contribution in [0.1, 0.15) is 31.2 Å². The van der Waals surface area contributed by atoms with E-state index >= 15 is 0 Å². The minimum absolute atomic E-state index is 0.241. The van der Waals surface area contributed by atoms with Crippen LogP contribution < -0.4 is 4.74 Å². The van der Waals surface area contributed by atoms with Crippen molar-refractivity contribution < 1.29 is 9.53 Å². The van der Waals surface area contributed by atoms with Crippen LogP contribution in [0.4, 0.5) is 0 Å². The predicted octanol–water partition coefficient (Wildman–Crippen LogP) is 1.43. The largest absolute Gasteiger partial charge is 0.467 e. The van der Waals surface area contributed by atoms with Crippen LogP contribution in [0.5, 0.6) is 6.01 Å². The van der Waals surface area contributed by atoms with Crippen molar-refractivity contribution in [1.82, 2.24) is 14.9 Å². The van der Waals surface area contributed by atoms with Crippen molar-refractivity contribution in [2.45, 2.75) is 32.1 Å². The van der Waals surface area contributed by atoms with E-state index < -0.39 is 0 Å². The first-order valence-electron chi connectivity index (χ1n) is 6.42. The maximum absolute atomic E-state index is 12.0. The van der Waals surface area contributed by atoms with E-state index in [-0.39, 0.29) is 5.91 Å². The number of carbonyl (C=O) groups is 1. The van der Waals surface area contributed by atoms with Crippen molar-refractivity contribution in [3.8, 4) is 6.01 Å². The Morgan fingerprint density at radius 1 is 1.28 bits per heavy atom. The zero-order valence-electron chi connectivity index (χ0n) is 10.8. The molecule has 1 aromatic rings. The molecule has 0 saturated carbocycles. The number of aryl methyl sites for hydroxylation is 1. The molecular weight excluding hydrogens is 230 g/mol. The summed E-state index contributed by atoms with van der Waals surface area (Å²) in [4.78, 5) is 22.0. The highest BCUT2D eigenvalue weighted by Gasteiger charge is 2.15.